The van der Waals surface area contributed by atoms with Crippen LogP contribution in [0.3, 0.4) is 0 Å². The number of hydrogen-bond donors (Lipinski definition) is 2. The van der Waals surface area contributed by atoms with Crippen molar-refractivity contribution in [2.24, 2.45) is 5.73 Å². The number of likely N-dealkylation sites (N-methyl/N-ethyl adjacent to an activating group) is 1. The summed E-state index contributed by atoms with van der Waals surface area (Å²) in [5.41, 5.74) is 5.34. The molecule has 3 N–H and O–H groups in total. The third-order valence-electron chi connectivity index (χ3n) is 2.52. The first kappa shape index (κ1) is 15.3. The molecule has 0 saturated carbocycles. The van der Waals surface area contributed by atoms with Crippen molar-refractivity contribution < 1.29 is 9.53 Å². The molecular weight excluding hydrogens is 206 g/mol. The molecule has 0 aliphatic heterocycles. The molecule has 5 heteroatoms. The quantitative estimate of drug-likeness (QED) is 0.577. The number of primary amides is 1. The second kappa shape index (κ2) is 8.50. The number of nitrogens with one attached hydrogen (secondary N) is 1. The van der Waals surface area contributed by atoms with Gasteiger partial charge in [-0.1, -0.05) is 6.92 Å². The van der Waals surface area contributed by atoms with E-state index in [0.29, 0.717) is 19.2 Å². The van der Waals surface area contributed by atoms with Crippen molar-refractivity contribution in [2.45, 2.75) is 32.9 Å². The molecule has 0 aromatic rings. The van der Waals surface area contributed by atoms with Gasteiger partial charge in [-0.2, -0.15) is 0 Å². The van der Waals surface area contributed by atoms with Crippen LogP contribution in [0, 0.1) is 0 Å². The van der Waals surface area contributed by atoms with Crippen LogP contribution in [0.4, 0.5) is 0 Å². The fourth-order valence-electron chi connectivity index (χ4n) is 1.50. The molecule has 0 saturated heterocycles. The van der Waals surface area contributed by atoms with Crippen LogP contribution in [0.1, 0.15) is 20.8 Å². The van der Waals surface area contributed by atoms with Gasteiger partial charge >= 0.3 is 0 Å². The molecule has 0 bridgehead atoms. The van der Waals surface area contributed by atoms with Gasteiger partial charge in [0, 0.05) is 26.2 Å². The highest BCUT2D eigenvalue weighted by Crippen LogP contribution is 2.00. The molecule has 16 heavy (non-hydrogen) atoms. The van der Waals surface area contributed by atoms with Gasteiger partial charge in [0.1, 0.15) is 0 Å². The Bertz CT molecular complexity index is 198. The standard InChI is InChI=1S/C11H25N3O2/c1-5-13-10(11(12)15)8-14(9(2)3)6-7-16-4/h9-10,13H,5-8H2,1-4H3,(H2,12,15). The van der Waals surface area contributed by atoms with E-state index in [9.17, 15) is 4.79 Å². The Hall–Kier alpha value is -0.650. The summed E-state index contributed by atoms with van der Waals surface area (Å²) in [6.45, 7) is 9.00. The Kier molecular flexibility index (Phi) is 8.15. The first-order chi connectivity index (χ1) is 7.52. The second-order valence-corrected chi connectivity index (χ2v) is 4.09. The zero-order valence-electron chi connectivity index (χ0n) is 10.8. The molecule has 0 aromatic heterocycles. The molecule has 96 valence electrons. The minimum atomic E-state index is -0.301. The third-order valence-corrected chi connectivity index (χ3v) is 2.52. The van der Waals surface area contributed by atoms with Crippen LogP contribution in [-0.2, 0) is 9.53 Å². The number of ether oxygens (including phenoxy) is 1. The van der Waals surface area contributed by atoms with E-state index in [4.69, 9.17) is 10.5 Å². The molecule has 0 spiro atoms. The van der Waals surface area contributed by atoms with Crippen LogP contribution >= 0.6 is 0 Å². The number of amides is 1. The van der Waals surface area contributed by atoms with Gasteiger partial charge < -0.3 is 15.8 Å². The van der Waals surface area contributed by atoms with E-state index in [1.165, 1.54) is 0 Å². The lowest BCUT2D eigenvalue weighted by Crippen LogP contribution is -2.51. The third kappa shape index (κ3) is 6.05. The second-order valence-electron chi connectivity index (χ2n) is 4.09. The van der Waals surface area contributed by atoms with E-state index in [1.54, 1.807) is 7.11 Å². The summed E-state index contributed by atoms with van der Waals surface area (Å²) in [6.07, 6.45) is 0. The molecule has 5 nitrogen and oxygen atoms in total. The Balaban J connectivity index is 4.26. The Morgan fingerprint density at radius 2 is 2.12 bits per heavy atom. The summed E-state index contributed by atoms with van der Waals surface area (Å²) in [6, 6.07) is 0.0833. The summed E-state index contributed by atoms with van der Waals surface area (Å²) in [5.74, 6) is -0.301. The molecule has 0 fully saturated rings. The van der Waals surface area contributed by atoms with E-state index in [1.807, 2.05) is 6.92 Å². The number of methoxy groups -OCH3 is 1. The number of carbonyl (C=O) groups is 1. The first-order valence-electron chi connectivity index (χ1n) is 5.78. The maximum Gasteiger partial charge on any atom is 0.235 e. The molecule has 0 heterocycles. The highest BCUT2D eigenvalue weighted by atomic mass is 16.5. The van der Waals surface area contributed by atoms with Crippen molar-refractivity contribution >= 4 is 5.91 Å². The van der Waals surface area contributed by atoms with E-state index in [0.717, 1.165) is 13.1 Å². The largest absolute Gasteiger partial charge is 0.383 e. The first-order valence-corrected chi connectivity index (χ1v) is 5.78. The molecular formula is C11H25N3O2. The van der Waals surface area contributed by atoms with Crippen molar-refractivity contribution in [3.63, 3.8) is 0 Å². The van der Waals surface area contributed by atoms with Crippen LogP contribution in [0.25, 0.3) is 0 Å². The lowest BCUT2D eigenvalue weighted by molar-refractivity contribution is -0.120. The molecule has 0 aromatic carbocycles. The van der Waals surface area contributed by atoms with Gasteiger partial charge in [-0.3, -0.25) is 9.69 Å². The van der Waals surface area contributed by atoms with E-state index in [2.05, 4.69) is 24.1 Å². The van der Waals surface area contributed by atoms with Gasteiger partial charge in [-0.25, -0.2) is 0 Å². The summed E-state index contributed by atoms with van der Waals surface area (Å²) < 4.78 is 5.05. The fraction of sp³-hybridized carbons (Fsp3) is 0.909. The Labute approximate surface area is 98.3 Å². The zero-order chi connectivity index (χ0) is 12.6. The van der Waals surface area contributed by atoms with Gasteiger partial charge in [-0.05, 0) is 20.4 Å². The lowest BCUT2D eigenvalue weighted by atomic mass is 10.2. The number of carbonyl (C=O) groups excluding carboxylic acids is 1. The monoisotopic (exact) mass is 231 g/mol. The molecule has 0 rings (SSSR count). The topological polar surface area (TPSA) is 67.6 Å². The van der Waals surface area contributed by atoms with Crippen LogP contribution < -0.4 is 11.1 Å². The van der Waals surface area contributed by atoms with Gasteiger partial charge in [0.2, 0.25) is 5.91 Å². The number of hydrogen-bond acceptors (Lipinski definition) is 4. The Morgan fingerprint density at radius 3 is 2.50 bits per heavy atom. The van der Waals surface area contributed by atoms with Gasteiger partial charge in [0.15, 0.2) is 0 Å². The number of nitrogens with two attached hydrogens (primary N) is 1. The number of rotatable bonds is 9. The van der Waals surface area contributed by atoms with E-state index < -0.39 is 0 Å². The lowest BCUT2D eigenvalue weighted by Gasteiger charge is -2.29. The average molecular weight is 231 g/mol. The highest BCUT2D eigenvalue weighted by Gasteiger charge is 2.19. The molecule has 0 aliphatic rings. The highest BCUT2D eigenvalue weighted by molar-refractivity contribution is 5.80. The van der Waals surface area contributed by atoms with Crippen molar-refractivity contribution in [1.29, 1.82) is 0 Å². The SMILES string of the molecule is CCNC(CN(CCOC)C(C)C)C(N)=O. The number of nitrogens with zero attached hydrogens (tertiary/aromatic N) is 1. The minimum Gasteiger partial charge on any atom is -0.383 e. The smallest absolute Gasteiger partial charge is 0.235 e. The molecule has 1 atom stereocenters. The minimum absolute atomic E-state index is 0.288. The van der Waals surface area contributed by atoms with Crippen molar-refractivity contribution in [3.8, 4) is 0 Å². The maximum atomic E-state index is 11.2. The summed E-state index contributed by atoms with van der Waals surface area (Å²) in [5, 5.41) is 3.09. The Morgan fingerprint density at radius 1 is 1.50 bits per heavy atom. The van der Waals surface area contributed by atoms with Crippen LogP contribution in [0.15, 0.2) is 0 Å². The predicted molar refractivity (Wildman–Crippen MR) is 65.2 cm³/mol. The normalized spacial score (nSPS) is 13.4. The van der Waals surface area contributed by atoms with Gasteiger partial charge in [0.25, 0.3) is 0 Å². The average Bonchev–Trinajstić information content (AvgIpc) is 2.21. The zero-order valence-corrected chi connectivity index (χ0v) is 10.8. The summed E-state index contributed by atoms with van der Waals surface area (Å²) in [7, 11) is 1.67. The van der Waals surface area contributed by atoms with Crippen LogP contribution in [-0.4, -0.2) is 56.2 Å². The van der Waals surface area contributed by atoms with Crippen molar-refractivity contribution in [3.05, 3.63) is 0 Å². The van der Waals surface area contributed by atoms with Crippen molar-refractivity contribution in [1.82, 2.24) is 10.2 Å². The van der Waals surface area contributed by atoms with Crippen LogP contribution in [0.5, 0.6) is 0 Å². The van der Waals surface area contributed by atoms with Gasteiger partial charge in [-0.15, -0.1) is 0 Å². The predicted octanol–water partition coefficient (Wildman–Crippen LogP) is -0.193. The summed E-state index contributed by atoms with van der Waals surface area (Å²) in [4.78, 5) is 13.4. The fourth-order valence-corrected chi connectivity index (χ4v) is 1.50. The maximum absolute atomic E-state index is 11.2. The molecule has 1 amide bonds. The van der Waals surface area contributed by atoms with Crippen molar-refractivity contribution in [2.75, 3.05) is 33.4 Å². The molecule has 0 radical (unpaired) electrons. The molecule has 0 aliphatic carbocycles. The van der Waals surface area contributed by atoms with E-state index in [-0.39, 0.29) is 11.9 Å². The van der Waals surface area contributed by atoms with E-state index >= 15 is 0 Å². The summed E-state index contributed by atoms with van der Waals surface area (Å²) >= 11 is 0. The van der Waals surface area contributed by atoms with Gasteiger partial charge in [0.05, 0.1) is 12.6 Å². The molecule has 1 unspecified atom stereocenters. The van der Waals surface area contributed by atoms with Crippen LogP contribution in [0.2, 0.25) is 0 Å².